The van der Waals surface area contributed by atoms with E-state index < -0.39 is 0 Å². The van der Waals surface area contributed by atoms with Crippen molar-refractivity contribution in [1.29, 1.82) is 0 Å². The van der Waals surface area contributed by atoms with Crippen LogP contribution in [0.25, 0.3) is 28.1 Å². The normalized spacial score (nSPS) is 12.9. The lowest BCUT2D eigenvalue weighted by Gasteiger charge is -2.16. The Labute approximate surface area is 156 Å². The number of carbonyl (C=O) groups excluding carboxylic acids is 1. The molecule has 0 amide bonds. The molecular weight excluding hydrogens is 342 g/mol. The molecule has 0 aliphatic carbocycles. The van der Waals surface area contributed by atoms with Crippen molar-refractivity contribution in [3.63, 3.8) is 0 Å². The Balaban J connectivity index is 1.72. The topological polar surface area (TPSA) is 80.6 Å². The summed E-state index contributed by atoms with van der Waals surface area (Å²) < 4.78 is 7.55. The SMILES string of the molecule is CC(C)[C@H](CO)CC(=O)c1ccc2ncc(-c3cc4ccccc4o3)n2n1. The number of Topliss-reactive ketones (excluding diaryl/α,β-unsaturated/α-hetero) is 1. The van der Waals surface area contributed by atoms with Crippen LogP contribution in [0.5, 0.6) is 0 Å². The minimum atomic E-state index is -0.0890. The number of nitrogens with zero attached hydrogens (tertiary/aromatic N) is 3. The molecule has 6 nitrogen and oxygen atoms in total. The predicted octanol–water partition coefficient (Wildman–Crippen LogP) is 3.98. The fourth-order valence-electron chi connectivity index (χ4n) is 3.15. The van der Waals surface area contributed by atoms with Crippen molar-refractivity contribution in [1.82, 2.24) is 14.6 Å². The minimum Gasteiger partial charge on any atom is -0.454 e. The number of aliphatic hydroxyl groups excluding tert-OH is 1. The second kappa shape index (κ2) is 6.96. The van der Waals surface area contributed by atoms with Gasteiger partial charge in [0.1, 0.15) is 17.0 Å². The molecule has 3 aromatic heterocycles. The third kappa shape index (κ3) is 3.24. The van der Waals surface area contributed by atoms with E-state index in [1.54, 1.807) is 22.8 Å². The minimum absolute atomic E-state index is 0.0129. The number of para-hydroxylation sites is 1. The zero-order valence-electron chi connectivity index (χ0n) is 15.3. The average molecular weight is 363 g/mol. The Hall–Kier alpha value is -2.99. The first-order valence-electron chi connectivity index (χ1n) is 9.04. The van der Waals surface area contributed by atoms with Gasteiger partial charge in [0, 0.05) is 18.4 Å². The summed E-state index contributed by atoms with van der Waals surface area (Å²) in [6.07, 6.45) is 1.96. The van der Waals surface area contributed by atoms with Gasteiger partial charge >= 0.3 is 0 Å². The standard InChI is InChI=1S/C21H21N3O3/c1-13(2)15(12-25)9-18(26)16-7-8-21-22-11-17(24(21)23-16)20-10-14-5-3-4-6-19(14)27-20/h3-8,10-11,13,15,25H,9,12H2,1-2H3/t15-/m0/s1. The second-order valence-electron chi connectivity index (χ2n) is 7.09. The Morgan fingerprint density at radius 2 is 2.04 bits per heavy atom. The van der Waals surface area contributed by atoms with Crippen LogP contribution < -0.4 is 0 Å². The van der Waals surface area contributed by atoms with Crippen molar-refractivity contribution in [2.75, 3.05) is 6.61 Å². The maximum atomic E-state index is 12.6. The molecule has 0 aliphatic rings. The maximum absolute atomic E-state index is 12.6. The molecule has 4 rings (SSSR count). The molecule has 1 N–H and O–H groups in total. The number of aliphatic hydroxyl groups is 1. The number of fused-ring (bicyclic) bond motifs is 2. The van der Waals surface area contributed by atoms with Gasteiger partial charge in [0.2, 0.25) is 0 Å². The van der Waals surface area contributed by atoms with Crippen LogP contribution in [0.4, 0.5) is 0 Å². The van der Waals surface area contributed by atoms with E-state index in [4.69, 9.17) is 4.42 Å². The van der Waals surface area contributed by atoms with Gasteiger partial charge in [-0.2, -0.15) is 5.10 Å². The molecule has 4 aromatic rings. The quantitative estimate of drug-likeness (QED) is 0.524. The second-order valence-corrected chi connectivity index (χ2v) is 7.09. The van der Waals surface area contributed by atoms with Crippen LogP contribution >= 0.6 is 0 Å². The van der Waals surface area contributed by atoms with Crippen LogP contribution in [0, 0.1) is 11.8 Å². The number of furan rings is 1. The number of carbonyl (C=O) groups is 1. The molecular formula is C21H21N3O3. The van der Waals surface area contributed by atoms with E-state index in [9.17, 15) is 9.90 Å². The monoisotopic (exact) mass is 363 g/mol. The highest BCUT2D eigenvalue weighted by molar-refractivity contribution is 5.94. The van der Waals surface area contributed by atoms with Gasteiger partial charge in [-0.25, -0.2) is 9.50 Å². The van der Waals surface area contributed by atoms with E-state index >= 15 is 0 Å². The first-order valence-corrected chi connectivity index (χ1v) is 9.04. The summed E-state index contributed by atoms with van der Waals surface area (Å²) in [5.74, 6) is 0.708. The first kappa shape index (κ1) is 17.4. The molecule has 6 heteroatoms. The molecule has 0 saturated carbocycles. The lowest BCUT2D eigenvalue weighted by Crippen LogP contribution is -2.19. The van der Waals surface area contributed by atoms with Crippen molar-refractivity contribution in [3.8, 4) is 11.5 Å². The number of hydrogen-bond donors (Lipinski definition) is 1. The Morgan fingerprint density at radius 3 is 2.78 bits per heavy atom. The molecule has 0 bridgehead atoms. The average Bonchev–Trinajstić information content (AvgIpc) is 3.28. The van der Waals surface area contributed by atoms with Gasteiger partial charge in [-0.05, 0) is 36.1 Å². The first-order chi connectivity index (χ1) is 13.1. The van der Waals surface area contributed by atoms with E-state index in [-0.39, 0.29) is 30.6 Å². The van der Waals surface area contributed by atoms with E-state index in [1.165, 1.54) is 0 Å². The maximum Gasteiger partial charge on any atom is 0.183 e. The zero-order chi connectivity index (χ0) is 19.0. The lowest BCUT2D eigenvalue weighted by molar-refractivity contribution is 0.0901. The van der Waals surface area contributed by atoms with E-state index in [2.05, 4.69) is 10.1 Å². The molecule has 3 heterocycles. The van der Waals surface area contributed by atoms with Gasteiger partial charge in [-0.3, -0.25) is 4.79 Å². The van der Waals surface area contributed by atoms with Gasteiger partial charge in [0.15, 0.2) is 17.2 Å². The summed E-state index contributed by atoms with van der Waals surface area (Å²) in [5.41, 5.74) is 2.48. The fraction of sp³-hybridized carbons (Fsp3) is 0.286. The summed E-state index contributed by atoms with van der Waals surface area (Å²) in [7, 11) is 0. The molecule has 0 aliphatic heterocycles. The largest absolute Gasteiger partial charge is 0.454 e. The number of ketones is 1. The Bertz CT molecular complexity index is 1080. The Kier molecular flexibility index (Phi) is 4.49. The van der Waals surface area contributed by atoms with E-state index in [0.717, 1.165) is 11.0 Å². The number of rotatable bonds is 6. The van der Waals surface area contributed by atoms with E-state index in [1.807, 2.05) is 44.2 Å². The van der Waals surface area contributed by atoms with Crippen molar-refractivity contribution < 1.29 is 14.3 Å². The highest BCUT2D eigenvalue weighted by Crippen LogP contribution is 2.28. The van der Waals surface area contributed by atoms with Gasteiger partial charge in [0.25, 0.3) is 0 Å². The summed E-state index contributed by atoms with van der Waals surface area (Å²) in [4.78, 5) is 17.0. The van der Waals surface area contributed by atoms with Crippen molar-refractivity contribution >= 4 is 22.4 Å². The number of imidazole rings is 1. The van der Waals surface area contributed by atoms with Crippen LogP contribution in [0.3, 0.4) is 0 Å². The van der Waals surface area contributed by atoms with Crippen molar-refractivity contribution in [3.05, 3.63) is 54.4 Å². The third-order valence-corrected chi connectivity index (χ3v) is 4.95. The molecule has 0 radical (unpaired) electrons. The molecule has 0 fully saturated rings. The smallest absolute Gasteiger partial charge is 0.183 e. The number of aromatic nitrogens is 3. The van der Waals surface area contributed by atoms with E-state index in [0.29, 0.717) is 22.8 Å². The van der Waals surface area contributed by atoms with Gasteiger partial charge in [-0.1, -0.05) is 32.0 Å². The van der Waals surface area contributed by atoms with Crippen LogP contribution in [0.1, 0.15) is 30.8 Å². The lowest BCUT2D eigenvalue weighted by atomic mass is 9.91. The fourth-order valence-corrected chi connectivity index (χ4v) is 3.15. The zero-order valence-corrected chi connectivity index (χ0v) is 15.3. The highest BCUT2D eigenvalue weighted by Gasteiger charge is 2.20. The summed E-state index contributed by atoms with van der Waals surface area (Å²) in [6, 6.07) is 13.2. The molecule has 1 atom stereocenters. The van der Waals surface area contributed by atoms with Crippen LogP contribution in [-0.2, 0) is 0 Å². The number of hydrogen-bond acceptors (Lipinski definition) is 5. The van der Waals surface area contributed by atoms with Crippen molar-refractivity contribution in [2.24, 2.45) is 11.8 Å². The number of benzene rings is 1. The summed E-state index contributed by atoms with van der Waals surface area (Å²) >= 11 is 0. The molecule has 1 aromatic carbocycles. The van der Waals surface area contributed by atoms with Crippen molar-refractivity contribution in [2.45, 2.75) is 20.3 Å². The van der Waals surface area contributed by atoms with Gasteiger partial charge in [-0.15, -0.1) is 0 Å². The van der Waals surface area contributed by atoms with Gasteiger partial charge in [0.05, 0.1) is 6.20 Å². The van der Waals surface area contributed by atoms with Crippen LogP contribution in [-0.4, -0.2) is 32.1 Å². The van der Waals surface area contributed by atoms with Crippen LogP contribution in [0.2, 0.25) is 0 Å². The predicted molar refractivity (Wildman–Crippen MR) is 103 cm³/mol. The summed E-state index contributed by atoms with van der Waals surface area (Å²) in [5, 5.41) is 15.0. The Morgan fingerprint density at radius 1 is 1.22 bits per heavy atom. The third-order valence-electron chi connectivity index (χ3n) is 4.95. The molecule has 0 saturated heterocycles. The molecule has 27 heavy (non-hydrogen) atoms. The summed E-state index contributed by atoms with van der Waals surface area (Å²) in [6.45, 7) is 3.99. The highest BCUT2D eigenvalue weighted by atomic mass is 16.3. The van der Waals surface area contributed by atoms with Crippen LogP contribution in [0.15, 0.2) is 53.1 Å². The molecule has 138 valence electrons. The van der Waals surface area contributed by atoms with Gasteiger partial charge < -0.3 is 9.52 Å². The molecule has 0 spiro atoms. The molecule has 0 unspecified atom stereocenters.